The molecule has 1 rings (SSSR count). The molecule has 0 saturated carbocycles. The summed E-state index contributed by atoms with van der Waals surface area (Å²) in [4.78, 5) is 0. The molecule has 0 aromatic carbocycles. The van der Waals surface area contributed by atoms with E-state index in [0.29, 0.717) is 10.8 Å². The van der Waals surface area contributed by atoms with Crippen LogP contribution in [0.5, 0.6) is 0 Å². The molecule has 0 unspecified atom stereocenters. The zero-order valence-electron chi connectivity index (χ0n) is 8.54. The van der Waals surface area contributed by atoms with Gasteiger partial charge in [-0.1, -0.05) is 23.8 Å². The Balaban J connectivity index is 0.00000225. The lowest BCUT2D eigenvalue weighted by molar-refractivity contribution is 1.02. The highest BCUT2D eigenvalue weighted by molar-refractivity contribution is 8.03. The number of terminal acetylenes is 1. The lowest BCUT2D eigenvalue weighted by Crippen LogP contribution is -1.91. The molecule has 0 amide bonds. The van der Waals surface area contributed by atoms with E-state index in [1.807, 2.05) is 24.3 Å². The molecule has 1 aromatic rings. The highest BCUT2D eigenvalue weighted by Crippen LogP contribution is 2.08. The van der Waals surface area contributed by atoms with Crippen molar-refractivity contribution < 1.29 is 0 Å². The monoisotopic (exact) mass is 253 g/mol. The van der Waals surface area contributed by atoms with Crippen molar-refractivity contribution in [2.45, 2.75) is 0 Å². The van der Waals surface area contributed by atoms with Gasteiger partial charge in [0.15, 0.2) is 0 Å². The third-order valence-electron chi connectivity index (χ3n) is 1.44. The fourth-order valence-corrected chi connectivity index (χ4v) is 1.24. The minimum absolute atomic E-state index is 0. The highest BCUT2D eigenvalue weighted by atomic mass is 35.5. The second kappa shape index (κ2) is 8.84. The quantitative estimate of drug-likeness (QED) is 0.659. The number of nitrogens with two attached hydrogens (primary N) is 1. The van der Waals surface area contributed by atoms with Crippen LogP contribution in [-0.4, -0.2) is 16.0 Å². The van der Waals surface area contributed by atoms with Crippen LogP contribution >= 0.6 is 24.2 Å². The average Bonchev–Trinajstić information content (AvgIpc) is 2.28. The molecule has 0 aliphatic rings. The summed E-state index contributed by atoms with van der Waals surface area (Å²) in [5, 5.41) is 8.33. The van der Waals surface area contributed by atoms with Crippen LogP contribution in [0, 0.1) is 12.3 Å². The van der Waals surface area contributed by atoms with Gasteiger partial charge in [0.05, 0.1) is 16.5 Å². The van der Waals surface area contributed by atoms with E-state index in [9.17, 15) is 0 Å². The van der Waals surface area contributed by atoms with Crippen LogP contribution in [0.25, 0.3) is 6.08 Å². The Labute approximate surface area is 106 Å². The van der Waals surface area contributed by atoms with Gasteiger partial charge in [-0.25, -0.2) is 0 Å². The second-order valence-corrected chi connectivity index (χ2v) is 3.62. The molecule has 2 N–H and O–H groups in total. The maximum Gasteiger partial charge on any atom is 0.0857 e. The number of allylic oxidation sites excluding steroid dienone is 2. The van der Waals surface area contributed by atoms with Gasteiger partial charge in [-0.15, -0.1) is 18.8 Å². The van der Waals surface area contributed by atoms with Crippen LogP contribution in [0.3, 0.4) is 0 Å². The first-order valence-electron chi connectivity index (χ1n) is 4.30. The van der Waals surface area contributed by atoms with E-state index >= 15 is 0 Å². The molecule has 0 radical (unpaired) electrons. The summed E-state index contributed by atoms with van der Waals surface area (Å²) in [7, 11) is 0. The van der Waals surface area contributed by atoms with Crippen LogP contribution in [0.15, 0.2) is 35.5 Å². The lowest BCUT2D eigenvalue weighted by atomic mass is 10.3. The van der Waals surface area contributed by atoms with Gasteiger partial charge in [0.2, 0.25) is 0 Å². The van der Waals surface area contributed by atoms with Gasteiger partial charge in [0.1, 0.15) is 0 Å². The molecule has 0 spiro atoms. The SMILES string of the molecule is C#CCSC(N)=CC=Cc1cccnn1.Cl. The number of aromatic nitrogens is 2. The van der Waals surface area contributed by atoms with Crippen LogP contribution in [-0.2, 0) is 0 Å². The molecule has 0 fully saturated rings. The number of nitrogens with zero attached hydrogens (tertiary/aromatic N) is 2. The van der Waals surface area contributed by atoms with Crippen LogP contribution in [0.2, 0.25) is 0 Å². The van der Waals surface area contributed by atoms with Crippen LogP contribution in [0.4, 0.5) is 0 Å². The van der Waals surface area contributed by atoms with Crippen molar-refractivity contribution in [3.8, 4) is 12.3 Å². The van der Waals surface area contributed by atoms with Gasteiger partial charge in [-0.2, -0.15) is 10.2 Å². The smallest absolute Gasteiger partial charge is 0.0857 e. The molecule has 1 heterocycles. The number of rotatable bonds is 4. The minimum atomic E-state index is 0. The number of halogens is 1. The van der Waals surface area contributed by atoms with Crippen LogP contribution < -0.4 is 5.73 Å². The third kappa shape index (κ3) is 6.12. The summed E-state index contributed by atoms with van der Waals surface area (Å²) in [6.45, 7) is 0. The van der Waals surface area contributed by atoms with Crippen molar-refractivity contribution in [2.24, 2.45) is 5.73 Å². The Morgan fingerprint density at radius 2 is 2.44 bits per heavy atom. The van der Waals surface area contributed by atoms with Crippen molar-refractivity contribution in [1.29, 1.82) is 0 Å². The average molecular weight is 254 g/mol. The van der Waals surface area contributed by atoms with E-state index in [1.54, 1.807) is 12.3 Å². The van der Waals surface area contributed by atoms with Crippen molar-refractivity contribution >= 4 is 30.2 Å². The summed E-state index contributed by atoms with van der Waals surface area (Å²) in [5.74, 6) is 3.09. The first kappa shape index (κ1) is 14.6. The predicted molar refractivity (Wildman–Crippen MR) is 71.9 cm³/mol. The van der Waals surface area contributed by atoms with Crippen molar-refractivity contribution in [2.75, 3.05) is 5.75 Å². The summed E-state index contributed by atoms with van der Waals surface area (Å²) in [6.07, 6.45) is 12.2. The maximum atomic E-state index is 5.67. The summed E-state index contributed by atoms with van der Waals surface area (Å²) < 4.78 is 0. The number of hydrogen-bond donors (Lipinski definition) is 1. The lowest BCUT2D eigenvalue weighted by Gasteiger charge is -1.93. The third-order valence-corrected chi connectivity index (χ3v) is 2.22. The van der Waals surface area contributed by atoms with Gasteiger partial charge >= 0.3 is 0 Å². The van der Waals surface area contributed by atoms with E-state index < -0.39 is 0 Å². The molecule has 5 heteroatoms. The van der Waals surface area contributed by atoms with Crippen molar-refractivity contribution in [3.05, 3.63) is 41.2 Å². The largest absolute Gasteiger partial charge is 0.394 e. The normalized spacial score (nSPS) is 10.8. The number of thioether (sulfide) groups is 1. The Bertz CT molecular complexity index is 395. The van der Waals surface area contributed by atoms with Gasteiger partial charge < -0.3 is 5.73 Å². The number of hydrogen-bond acceptors (Lipinski definition) is 4. The molecular formula is C11H12ClN3S. The molecule has 16 heavy (non-hydrogen) atoms. The molecule has 0 aliphatic carbocycles. The maximum absolute atomic E-state index is 5.67. The van der Waals surface area contributed by atoms with E-state index in [-0.39, 0.29) is 12.4 Å². The molecule has 3 nitrogen and oxygen atoms in total. The Hall–Kier alpha value is -1.44. The Kier molecular flexibility index (Phi) is 8.04. The molecule has 0 atom stereocenters. The van der Waals surface area contributed by atoms with Crippen molar-refractivity contribution in [3.63, 3.8) is 0 Å². The van der Waals surface area contributed by atoms with Crippen LogP contribution in [0.1, 0.15) is 5.69 Å². The highest BCUT2D eigenvalue weighted by Gasteiger charge is 1.87. The van der Waals surface area contributed by atoms with Crippen molar-refractivity contribution in [1.82, 2.24) is 10.2 Å². The fraction of sp³-hybridized carbons (Fsp3) is 0.0909. The topological polar surface area (TPSA) is 51.8 Å². The fourth-order valence-electron chi connectivity index (χ4n) is 0.817. The predicted octanol–water partition coefficient (Wildman–Crippen LogP) is 2.08. The zero-order valence-corrected chi connectivity index (χ0v) is 10.2. The molecule has 1 aromatic heterocycles. The van der Waals surface area contributed by atoms with Gasteiger partial charge in [0, 0.05) is 6.20 Å². The summed E-state index contributed by atoms with van der Waals surface area (Å²) >= 11 is 1.43. The van der Waals surface area contributed by atoms with E-state index in [1.165, 1.54) is 11.8 Å². The Morgan fingerprint density at radius 1 is 1.62 bits per heavy atom. The zero-order chi connectivity index (χ0) is 10.9. The van der Waals surface area contributed by atoms with Gasteiger partial charge in [-0.05, 0) is 24.3 Å². The van der Waals surface area contributed by atoms with E-state index in [2.05, 4.69) is 16.1 Å². The molecule has 84 valence electrons. The molecule has 0 saturated heterocycles. The first-order chi connectivity index (χ1) is 7.33. The van der Waals surface area contributed by atoms with E-state index in [4.69, 9.17) is 12.2 Å². The van der Waals surface area contributed by atoms with E-state index in [0.717, 1.165) is 5.69 Å². The molecular weight excluding hydrogens is 242 g/mol. The minimum Gasteiger partial charge on any atom is -0.394 e. The summed E-state index contributed by atoms with van der Waals surface area (Å²) in [5.41, 5.74) is 6.46. The standard InChI is InChI=1S/C11H11N3S.ClH/c1-2-9-15-11(12)7-3-5-10-6-4-8-13-14-10;/h1,3-8H,9,12H2;1H. The molecule has 0 bridgehead atoms. The summed E-state index contributed by atoms with van der Waals surface area (Å²) in [6, 6.07) is 3.69. The Morgan fingerprint density at radius 3 is 3.06 bits per heavy atom. The first-order valence-corrected chi connectivity index (χ1v) is 5.29. The molecule has 0 aliphatic heterocycles. The van der Waals surface area contributed by atoms with Gasteiger partial charge in [-0.3, -0.25) is 0 Å². The van der Waals surface area contributed by atoms with Gasteiger partial charge in [0.25, 0.3) is 0 Å². The second-order valence-electron chi connectivity index (χ2n) is 2.57.